The monoisotopic (exact) mass is 603 g/mol. The van der Waals surface area contributed by atoms with Gasteiger partial charge in [-0.05, 0) is 99.1 Å². The Balaban J connectivity index is 1.19. The van der Waals surface area contributed by atoms with Crippen LogP contribution in [-0.2, 0) is 5.41 Å². The van der Waals surface area contributed by atoms with Gasteiger partial charge in [0.2, 0.25) is 0 Å². The van der Waals surface area contributed by atoms with E-state index in [4.69, 9.17) is 4.42 Å². The molecule has 0 saturated carbocycles. The number of para-hydroxylation sites is 1. The Bertz CT molecular complexity index is 2320. The second-order valence-corrected chi connectivity index (χ2v) is 13.0. The number of nitrogens with zero attached hydrogens (tertiary/aromatic N) is 1. The number of rotatable bonds is 5. The molecule has 0 saturated heterocycles. The van der Waals surface area contributed by atoms with E-state index in [1.807, 2.05) is 6.07 Å². The lowest BCUT2D eigenvalue weighted by molar-refractivity contribution is 0.658. The Morgan fingerprint density at radius 1 is 0.404 bits per heavy atom. The molecule has 1 aliphatic carbocycles. The van der Waals surface area contributed by atoms with Crippen LogP contribution in [0.2, 0.25) is 0 Å². The zero-order valence-corrected chi connectivity index (χ0v) is 26.4. The fourth-order valence-electron chi connectivity index (χ4n) is 7.41. The van der Waals surface area contributed by atoms with Crippen LogP contribution >= 0.6 is 0 Å². The molecule has 0 spiro atoms. The first-order chi connectivity index (χ1) is 23.0. The summed E-state index contributed by atoms with van der Waals surface area (Å²) in [5, 5.41) is 2.35. The molecule has 1 heterocycles. The highest BCUT2D eigenvalue weighted by Crippen LogP contribution is 2.52. The van der Waals surface area contributed by atoms with Gasteiger partial charge in [-0.2, -0.15) is 0 Å². The van der Waals surface area contributed by atoms with Gasteiger partial charge in [-0.25, -0.2) is 0 Å². The first kappa shape index (κ1) is 27.5. The van der Waals surface area contributed by atoms with Crippen LogP contribution in [0.3, 0.4) is 0 Å². The van der Waals surface area contributed by atoms with E-state index >= 15 is 0 Å². The van der Waals surface area contributed by atoms with Crippen molar-refractivity contribution in [2.75, 3.05) is 4.90 Å². The van der Waals surface area contributed by atoms with Crippen LogP contribution in [0.15, 0.2) is 168 Å². The van der Waals surface area contributed by atoms with Gasteiger partial charge < -0.3 is 9.32 Å². The maximum absolute atomic E-state index is 6.36. The van der Waals surface area contributed by atoms with Crippen molar-refractivity contribution in [1.29, 1.82) is 0 Å². The van der Waals surface area contributed by atoms with Crippen molar-refractivity contribution in [2.45, 2.75) is 19.3 Å². The molecule has 0 aliphatic heterocycles. The van der Waals surface area contributed by atoms with Crippen LogP contribution in [0.4, 0.5) is 17.1 Å². The van der Waals surface area contributed by atoms with Crippen molar-refractivity contribution >= 4 is 39.0 Å². The van der Waals surface area contributed by atoms with Crippen molar-refractivity contribution in [3.63, 3.8) is 0 Å². The van der Waals surface area contributed by atoms with E-state index in [9.17, 15) is 0 Å². The summed E-state index contributed by atoms with van der Waals surface area (Å²) in [5.41, 5.74) is 15.1. The number of hydrogen-bond acceptors (Lipinski definition) is 2. The molecule has 0 unspecified atom stereocenters. The molecule has 0 fully saturated rings. The third-order valence-corrected chi connectivity index (χ3v) is 9.88. The van der Waals surface area contributed by atoms with E-state index in [0.29, 0.717) is 0 Å². The molecule has 8 aromatic rings. The Labute approximate surface area is 275 Å². The quantitative estimate of drug-likeness (QED) is 0.195. The van der Waals surface area contributed by atoms with E-state index in [1.165, 1.54) is 55.3 Å². The van der Waals surface area contributed by atoms with E-state index in [0.717, 1.165) is 28.2 Å². The molecule has 1 aromatic heterocycles. The first-order valence-corrected chi connectivity index (χ1v) is 16.3. The Hall–Kier alpha value is -5.86. The van der Waals surface area contributed by atoms with Crippen molar-refractivity contribution in [3.05, 3.63) is 175 Å². The molecule has 47 heavy (non-hydrogen) atoms. The minimum atomic E-state index is -0.130. The molecular weight excluding hydrogens is 571 g/mol. The average molecular weight is 604 g/mol. The highest BCUT2D eigenvalue weighted by molar-refractivity contribution is 6.07. The van der Waals surface area contributed by atoms with Gasteiger partial charge in [0.1, 0.15) is 11.2 Å². The summed E-state index contributed by atoms with van der Waals surface area (Å²) in [6.07, 6.45) is 0. The Kier molecular flexibility index (Phi) is 6.20. The lowest BCUT2D eigenvalue weighted by Gasteiger charge is -2.27. The number of fused-ring (bicyclic) bond motifs is 6. The normalized spacial score (nSPS) is 13.1. The van der Waals surface area contributed by atoms with E-state index in [1.54, 1.807) is 0 Å². The van der Waals surface area contributed by atoms with Crippen LogP contribution in [0.5, 0.6) is 0 Å². The summed E-state index contributed by atoms with van der Waals surface area (Å²) in [4.78, 5) is 2.37. The summed E-state index contributed by atoms with van der Waals surface area (Å²) >= 11 is 0. The van der Waals surface area contributed by atoms with Gasteiger partial charge >= 0.3 is 0 Å². The maximum atomic E-state index is 6.36. The smallest absolute Gasteiger partial charge is 0.136 e. The van der Waals surface area contributed by atoms with Gasteiger partial charge in [-0.3, -0.25) is 0 Å². The number of benzene rings is 7. The molecule has 0 N–H and O–H groups in total. The second kappa shape index (κ2) is 10.6. The van der Waals surface area contributed by atoms with Crippen LogP contribution in [-0.4, -0.2) is 0 Å². The van der Waals surface area contributed by atoms with Crippen LogP contribution in [0.25, 0.3) is 55.3 Å². The third-order valence-electron chi connectivity index (χ3n) is 9.88. The predicted octanol–water partition coefficient (Wildman–Crippen LogP) is 12.7. The molecule has 224 valence electrons. The predicted molar refractivity (Wildman–Crippen MR) is 197 cm³/mol. The maximum Gasteiger partial charge on any atom is 0.136 e. The molecule has 2 heteroatoms. The van der Waals surface area contributed by atoms with Gasteiger partial charge in [-0.1, -0.05) is 123 Å². The lowest BCUT2D eigenvalue weighted by atomic mass is 9.82. The molecule has 2 nitrogen and oxygen atoms in total. The summed E-state index contributed by atoms with van der Waals surface area (Å²) in [5.74, 6) is 0. The third kappa shape index (κ3) is 4.48. The number of furan rings is 1. The summed E-state index contributed by atoms with van der Waals surface area (Å²) in [6, 6.07) is 58.9. The molecule has 0 amide bonds. The summed E-state index contributed by atoms with van der Waals surface area (Å²) in [7, 11) is 0. The molecule has 9 rings (SSSR count). The SMILES string of the molecule is CC1(C)c2ccc(N(c3ccc(-c4ccccc4)cc3)c3ccc(-c4ccccc4)cc3)cc2-c2cc3oc4ccccc4c3cc21. The second-order valence-electron chi connectivity index (χ2n) is 13.0. The highest BCUT2D eigenvalue weighted by Gasteiger charge is 2.37. The lowest BCUT2D eigenvalue weighted by Crippen LogP contribution is -2.15. The van der Waals surface area contributed by atoms with Crippen molar-refractivity contribution in [2.24, 2.45) is 0 Å². The molecule has 1 aliphatic rings. The van der Waals surface area contributed by atoms with Crippen molar-refractivity contribution in [1.82, 2.24) is 0 Å². The molecule has 0 bridgehead atoms. The number of anilines is 3. The molecule has 0 atom stereocenters. The number of hydrogen-bond donors (Lipinski definition) is 0. The minimum Gasteiger partial charge on any atom is -0.456 e. The van der Waals surface area contributed by atoms with E-state index in [-0.39, 0.29) is 5.41 Å². The molecular formula is C45H33NO. The van der Waals surface area contributed by atoms with E-state index in [2.05, 4.69) is 176 Å². The fraction of sp³-hybridized carbons (Fsp3) is 0.0667. The fourth-order valence-corrected chi connectivity index (χ4v) is 7.41. The molecule has 7 aromatic carbocycles. The Morgan fingerprint density at radius 2 is 0.915 bits per heavy atom. The van der Waals surface area contributed by atoms with Gasteiger partial charge in [0, 0.05) is 33.2 Å². The van der Waals surface area contributed by atoms with Gasteiger partial charge in [0.25, 0.3) is 0 Å². The van der Waals surface area contributed by atoms with Crippen LogP contribution in [0.1, 0.15) is 25.0 Å². The topological polar surface area (TPSA) is 16.4 Å². The Morgan fingerprint density at radius 3 is 1.53 bits per heavy atom. The van der Waals surface area contributed by atoms with E-state index < -0.39 is 0 Å². The minimum absolute atomic E-state index is 0.130. The first-order valence-electron chi connectivity index (χ1n) is 16.3. The summed E-state index contributed by atoms with van der Waals surface area (Å²) in [6.45, 7) is 4.68. The standard InChI is InChI=1S/C45H33NO/c1-45(2)41-26-25-36(27-38(41)39-29-44-40(28-42(39)45)37-15-9-10-16-43(37)47-44)46(34-21-17-32(18-22-34)30-11-5-3-6-12-30)35-23-19-33(20-24-35)31-13-7-4-8-14-31/h3-29H,1-2H3. The molecule has 0 radical (unpaired) electrons. The zero-order chi connectivity index (χ0) is 31.5. The van der Waals surface area contributed by atoms with Gasteiger partial charge in [0.05, 0.1) is 0 Å². The largest absolute Gasteiger partial charge is 0.456 e. The summed E-state index contributed by atoms with van der Waals surface area (Å²) < 4.78 is 6.36. The average Bonchev–Trinajstić information content (AvgIpc) is 3.60. The van der Waals surface area contributed by atoms with Crippen LogP contribution in [0, 0.1) is 0 Å². The highest BCUT2D eigenvalue weighted by atomic mass is 16.3. The zero-order valence-electron chi connectivity index (χ0n) is 26.4. The van der Waals surface area contributed by atoms with Gasteiger partial charge in [0.15, 0.2) is 0 Å². The van der Waals surface area contributed by atoms with Crippen LogP contribution < -0.4 is 4.90 Å². The van der Waals surface area contributed by atoms with Gasteiger partial charge in [-0.15, -0.1) is 0 Å². The van der Waals surface area contributed by atoms with Crippen molar-refractivity contribution in [3.8, 4) is 33.4 Å². The van der Waals surface area contributed by atoms with Crippen molar-refractivity contribution < 1.29 is 4.42 Å².